The third-order valence-electron chi connectivity index (χ3n) is 9.65. The zero-order chi connectivity index (χ0) is 17.1. The van der Waals surface area contributed by atoms with E-state index in [1.54, 1.807) is 0 Å². The van der Waals surface area contributed by atoms with E-state index in [0.29, 0.717) is 11.3 Å². The fourth-order valence-corrected chi connectivity index (χ4v) is 8.33. The molecule has 4 rings (SSSR count). The monoisotopic (exact) mass is 332 g/mol. The molecule has 4 aliphatic rings. The van der Waals surface area contributed by atoms with Crippen LogP contribution in [0.2, 0.25) is 0 Å². The Kier molecular flexibility index (Phi) is 4.05. The van der Waals surface area contributed by atoms with Gasteiger partial charge in [-0.05, 0) is 91.8 Å². The van der Waals surface area contributed by atoms with Crippen LogP contribution in [-0.4, -0.2) is 11.1 Å². The molecule has 4 fully saturated rings. The first-order valence-corrected chi connectivity index (χ1v) is 10.6. The number of aliphatic carboxylic acids is 1. The lowest BCUT2D eigenvalue weighted by molar-refractivity contribution is -0.148. The van der Waals surface area contributed by atoms with Crippen LogP contribution in [0.1, 0.15) is 85.0 Å². The minimum Gasteiger partial charge on any atom is -0.481 e. The van der Waals surface area contributed by atoms with Gasteiger partial charge >= 0.3 is 5.97 Å². The van der Waals surface area contributed by atoms with Crippen molar-refractivity contribution >= 4 is 5.97 Å². The van der Waals surface area contributed by atoms with Gasteiger partial charge in [-0.25, -0.2) is 0 Å². The fraction of sp³-hybridized carbons (Fsp3) is 0.955. The van der Waals surface area contributed by atoms with Crippen molar-refractivity contribution in [2.45, 2.75) is 85.0 Å². The van der Waals surface area contributed by atoms with Gasteiger partial charge in [0.1, 0.15) is 0 Å². The van der Waals surface area contributed by atoms with E-state index < -0.39 is 5.97 Å². The Balaban J connectivity index is 1.60. The predicted molar refractivity (Wildman–Crippen MR) is 96.6 cm³/mol. The zero-order valence-electron chi connectivity index (χ0n) is 15.9. The second-order valence-corrected chi connectivity index (χ2v) is 10.3. The molecular formula is C22H36O2. The summed E-state index contributed by atoms with van der Waals surface area (Å²) < 4.78 is 0. The number of hydrogen-bond donors (Lipinski definition) is 1. The molecule has 0 radical (unpaired) electrons. The molecule has 2 heteroatoms. The molecule has 0 saturated heterocycles. The lowest BCUT2D eigenvalue weighted by Crippen LogP contribution is -2.53. The quantitative estimate of drug-likeness (QED) is 0.698. The third-order valence-corrected chi connectivity index (χ3v) is 9.65. The molecule has 0 heterocycles. The summed E-state index contributed by atoms with van der Waals surface area (Å²) in [5.74, 6) is 3.24. The van der Waals surface area contributed by atoms with Crippen molar-refractivity contribution in [3.8, 4) is 0 Å². The molecule has 4 aliphatic carbocycles. The normalized spacial score (nSPS) is 52.0. The second-order valence-electron chi connectivity index (χ2n) is 10.3. The Hall–Kier alpha value is -0.530. The maximum absolute atomic E-state index is 11.6. The number of carboxylic acids is 1. The van der Waals surface area contributed by atoms with Crippen LogP contribution in [0.25, 0.3) is 0 Å². The molecule has 2 unspecified atom stereocenters. The summed E-state index contributed by atoms with van der Waals surface area (Å²) in [4.78, 5) is 11.6. The Morgan fingerprint density at radius 3 is 2.42 bits per heavy atom. The van der Waals surface area contributed by atoms with E-state index in [1.807, 2.05) is 6.92 Å². The molecule has 0 aliphatic heterocycles. The second kappa shape index (κ2) is 5.74. The lowest BCUT2D eigenvalue weighted by atomic mass is 9.44. The van der Waals surface area contributed by atoms with Gasteiger partial charge in [0.2, 0.25) is 0 Å². The molecule has 0 spiro atoms. The number of rotatable bonds is 2. The maximum atomic E-state index is 11.6. The third kappa shape index (κ3) is 2.23. The van der Waals surface area contributed by atoms with Crippen LogP contribution in [0.4, 0.5) is 0 Å². The molecule has 0 aromatic rings. The summed E-state index contributed by atoms with van der Waals surface area (Å²) in [5, 5.41) is 9.57. The smallest absolute Gasteiger partial charge is 0.306 e. The van der Waals surface area contributed by atoms with Crippen LogP contribution in [-0.2, 0) is 4.79 Å². The van der Waals surface area contributed by atoms with Gasteiger partial charge in [0.05, 0.1) is 5.92 Å². The molecule has 1 N–H and O–H groups in total. The first-order chi connectivity index (χ1) is 11.4. The van der Waals surface area contributed by atoms with E-state index in [2.05, 4.69) is 13.8 Å². The van der Waals surface area contributed by atoms with Crippen LogP contribution < -0.4 is 0 Å². The Bertz CT molecular complexity index is 514. The Labute approximate surface area is 147 Å². The van der Waals surface area contributed by atoms with Crippen molar-refractivity contribution in [1.29, 1.82) is 0 Å². The first kappa shape index (κ1) is 16.9. The molecule has 24 heavy (non-hydrogen) atoms. The van der Waals surface area contributed by atoms with Crippen LogP contribution in [0.15, 0.2) is 0 Å². The highest BCUT2D eigenvalue weighted by atomic mass is 16.4. The Morgan fingerprint density at radius 2 is 1.67 bits per heavy atom. The van der Waals surface area contributed by atoms with E-state index in [4.69, 9.17) is 0 Å². The minimum atomic E-state index is -0.577. The topological polar surface area (TPSA) is 37.3 Å². The van der Waals surface area contributed by atoms with Crippen LogP contribution in [0.5, 0.6) is 0 Å². The summed E-state index contributed by atoms with van der Waals surface area (Å²) in [5.41, 5.74) is 0.885. The number of fused-ring (bicyclic) bond motifs is 5. The number of hydrogen-bond acceptors (Lipinski definition) is 1. The SMILES string of the molecule is CC(C(=O)O)[C@H]1CC[C@H]2[C@@H]3CCC4CCCC[C@]4(C)[C@H]3CC[C@]12C. The largest absolute Gasteiger partial charge is 0.481 e. The summed E-state index contributed by atoms with van der Waals surface area (Å²) in [7, 11) is 0. The van der Waals surface area contributed by atoms with Crippen molar-refractivity contribution in [2.75, 3.05) is 0 Å². The molecule has 0 aromatic carbocycles. The van der Waals surface area contributed by atoms with Gasteiger partial charge < -0.3 is 5.11 Å². The van der Waals surface area contributed by atoms with Crippen molar-refractivity contribution in [3.63, 3.8) is 0 Å². The average molecular weight is 333 g/mol. The standard InChI is InChI=1S/C22H36O2/c1-14(20(23)24)17-9-10-18-16-8-7-15-6-4-5-12-21(15,2)19(16)11-13-22(17,18)3/h14-19H,4-13H2,1-3H3,(H,23,24)/t14?,15?,16-,17+,18-,19-,21-,22+/m0/s1. The summed E-state index contributed by atoms with van der Waals surface area (Å²) in [6.45, 7) is 7.05. The van der Waals surface area contributed by atoms with Gasteiger partial charge in [-0.2, -0.15) is 0 Å². The summed E-state index contributed by atoms with van der Waals surface area (Å²) in [6.07, 6.45) is 13.8. The Morgan fingerprint density at radius 1 is 0.917 bits per heavy atom. The number of carboxylic acid groups (broad SMARTS) is 1. The average Bonchev–Trinajstić information content (AvgIpc) is 2.90. The molecular weight excluding hydrogens is 296 g/mol. The van der Waals surface area contributed by atoms with Crippen LogP contribution in [0.3, 0.4) is 0 Å². The highest BCUT2D eigenvalue weighted by molar-refractivity contribution is 5.70. The highest BCUT2D eigenvalue weighted by Gasteiger charge is 2.60. The summed E-state index contributed by atoms with van der Waals surface area (Å²) >= 11 is 0. The number of carbonyl (C=O) groups is 1. The van der Waals surface area contributed by atoms with E-state index >= 15 is 0 Å². The molecule has 136 valence electrons. The lowest BCUT2D eigenvalue weighted by Gasteiger charge is -2.60. The molecule has 0 amide bonds. The van der Waals surface area contributed by atoms with Gasteiger partial charge in [0.15, 0.2) is 0 Å². The minimum absolute atomic E-state index is 0.168. The van der Waals surface area contributed by atoms with E-state index in [9.17, 15) is 9.90 Å². The van der Waals surface area contributed by atoms with E-state index in [1.165, 1.54) is 57.8 Å². The van der Waals surface area contributed by atoms with Crippen molar-refractivity contribution in [2.24, 2.45) is 46.3 Å². The molecule has 4 saturated carbocycles. The van der Waals surface area contributed by atoms with Crippen LogP contribution in [0, 0.1) is 46.3 Å². The van der Waals surface area contributed by atoms with E-state index in [-0.39, 0.29) is 11.3 Å². The molecule has 0 bridgehead atoms. The summed E-state index contributed by atoms with van der Waals surface area (Å²) in [6, 6.07) is 0. The first-order valence-electron chi connectivity index (χ1n) is 10.6. The van der Waals surface area contributed by atoms with Gasteiger partial charge in [-0.15, -0.1) is 0 Å². The molecule has 2 nitrogen and oxygen atoms in total. The van der Waals surface area contributed by atoms with Gasteiger partial charge in [-0.3, -0.25) is 4.79 Å². The van der Waals surface area contributed by atoms with Crippen molar-refractivity contribution < 1.29 is 9.90 Å². The zero-order valence-corrected chi connectivity index (χ0v) is 15.9. The van der Waals surface area contributed by atoms with E-state index in [0.717, 1.165) is 30.1 Å². The van der Waals surface area contributed by atoms with Gasteiger partial charge in [0, 0.05) is 0 Å². The van der Waals surface area contributed by atoms with Crippen molar-refractivity contribution in [1.82, 2.24) is 0 Å². The highest BCUT2D eigenvalue weighted by Crippen LogP contribution is 2.68. The molecule has 8 atom stereocenters. The van der Waals surface area contributed by atoms with Crippen molar-refractivity contribution in [3.05, 3.63) is 0 Å². The fourth-order valence-electron chi connectivity index (χ4n) is 8.33. The van der Waals surface area contributed by atoms with Gasteiger partial charge in [0.25, 0.3) is 0 Å². The maximum Gasteiger partial charge on any atom is 0.306 e. The predicted octanol–water partition coefficient (Wildman–Crippen LogP) is 5.76. The molecule has 0 aromatic heterocycles. The van der Waals surface area contributed by atoms with Crippen LogP contribution >= 0.6 is 0 Å². The van der Waals surface area contributed by atoms with Gasteiger partial charge in [-0.1, -0.05) is 33.6 Å².